The van der Waals surface area contributed by atoms with Crippen LogP contribution in [0.4, 0.5) is 0 Å². The van der Waals surface area contributed by atoms with Crippen LogP contribution in [0.15, 0.2) is 0 Å². The predicted octanol–water partition coefficient (Wildman–Crippen LogP) is 1.40. The lowest BCUT2D eigenvalue weighted by atomic mass is 10.1. The Kier molecular flexibility index (Phi) is 4.12. The minimum absolute atomic E-state index is 0.136. The molecule has 15 heavy (non-hydrogen) atoms. The van der Waals surface area contributed by atoms with Crippen molar-refractivity contribution in [3.05, 3.63) is 0 Å². The van der Waals surface area contributed by atoms with Gasteiger partial charge in [0.05, 0.1) is 0 Å². The fourth-order valence-electron chi connectivity index (χ4n) is 1.48. The molecule has 0 aliphatic heterocycles. The van der Waals surface area contributed by atoms with E-state index in [-0.39, 0.29) is 11.8 Å². The van der Waals surface area contributed by atoms with Gasteiger partial charge in [-0.05, 0) is 31.1 Å². The molecule has 0 radical (unpaired) electrons. The van der Waals surface area contributed by atoms with Gasteiger partial charge in [-0.15, -0.1) is 0 Å². The van der Waals surface area contributed by atoms with E-state index in [4.69, 9.17) is 5.11 Å². The predicted molar refractivity (Wildman–Crippen MR) is 56.4 cm³/mol. The Bertz CT molecular complexity index is 246. The molecule has 1 atom stereocenters. The minimum atomic E-state index is -0.907. The first kappa shape index (κ1) is 12.0. The highest BCUT2D eigenvalue weighted by Gasteiger charge is 2.37. The van der Waals surface area contributed by atoms with Gasteiger partial charge >= 0.3 is 5.97 Å². The summed E-state index contributed by atoms with van der Waals surface area (Å²) in [6.45, 7) is 4.09. The Labute approximate surface area is 90.0 Å². The molecule has 0 aromatic rings. The Balaban J connectivity index is 2.31. The number of rotatable bonds is 6. The van der Waals surface area contributed by atoms with Crippen molar-refractivity contribution in [3.8, 4) is 0 Å². The molecule has 0 aromatic heterocycles. The third kappa shape index (κ3) is 4.32. The maximum atomic E-state index is 11.4. The third-order valence-electron chi connectivity index (χ3n) is 2.62. The van der Waals surface area contributed by atoms with Crippen LogP contribution in [-0.2, 0) is 9.59 Å². The van der Waals surface area contributed by atoms with Gasteiger partial charge in [-0.3, -0.25) is 4.79 Å². The summed E-state index contributed by atoms with van der Waals surface area (Å²) in [5.74, 6) is -0.413. The van der Waals surface area contributed by atoms with Gasteiger partial charge in [0.2, 0.25) is 5.91 Å². The van der Waals surface area contributed by atoms with E-state index in [1.165, 1.54) is 0 Å². The standard InChI is InChI=1S/C11H19NO3/c1-7(2)3-6-9(13)12-10(11(14)15)8-4-5-8/h7-8,10H,3-6H2,1-2H3,(H,12,13)(H,14,15). The molecule has 1 aliphatic rings. The molecular weight excluding hydrogens is 194 g/mol. The summed E-state index contributed by atoms with van der Waals surface area (Å²) in [6.07, 6.45) is 3.07. The number of carbonyl (C=O) groups excluding carboxylic acids is 1. The Morgan fingerprint density at radius 2 is 2.00 bits per heavy atom. The molecule has 86 valence electrons. The number of carbonyl (C=O) groups is 2. The van der Waals surface area contributed by atoms with E-state index in [1.807, 2.05) is 13.8 Å². The molecule has 1 unspecified atom stereocenters. The molecule has 0 heterocycles. The van der Waals surface area contributed by atoms with Crippen molar-refractivity contribution in [3.63, 3.8) is 0 Å². The molecule has 2 N–H and O–H groups in total. The highest BCUT2D eigenvalue weighted by atomic mass is 16.4. The molecule has 0 spiro atoms. The van der Waals surface area contributed by atoms with E-state index in [1.54, 1.807) is 0 Å². The van der Waals surface area contributed by atoms with Crippen molar-refractivity contribution >= 4 is 11.9 Å². The van der Waals surface area contributed by atoms with Crippen LogP contribution in [0, 0.1) is 11.8 Å². The quantitative estimate of drug-likeness (QED) is 0.701. The minimum Gasteiger partial charge on any atom is -0.480 e. The monoisotopic (exact) mass is 213 g/mol. The van der Waals surface area contributed by atoms with Crippen molar-refractivity contribution in [1.82, 2.24) is 5.32 Å². The van der Waals surface area contributed by atoms with E-state index in [0.717, 1.165) is 19.3 Å². The molecule has 1 amide bonds. The Morgan fingerprint density at radius 1 is 1.40 bits per heavy atom. The molecule has 1 aliphatic carbocycles. The zero-order valence-electron chi connectivity index (χ0n) is 9.32. The SMILES string of the molecule is CC(C)CCC(=O)NC(C(=O)O)C1CC1. The van der Waals surface area contributed by atoms with Gasteiger partial charge in [-0.2, -0.15) is 0 Å². The molecule has 0 bridgehead atoms. The molecule has 1 fully saturated rings. The molecule has 1 saturated carbocycles. The first-order valence-electron chi connectivity index (χ1n) is 5.53. The summed E-state index contributed by atoms with van der Waals surface area (Å²) in [4.78, 5) is 22.3. The van der Waals surface area contributed by atoms with Crippen LogP contribution in [0.5, 0.6) is 0 Å². The van der Waals surface area contributed by atoms with Crippen LogP contribution in [0.1, 0.15) is 39.5 Å². The zero-order valence-corrected chi connectivity index (χ0v) is 9.32. The lowest BCUT2D eigenvalue weighted by Gasteiger charge is -2.13. The smallest absolute Gasteiger partial charge is 0.326 e. The van der Waals surface area contributed by atoms with Crippen LogP contribution in [0.2, 0.25) is 0 Å². The van der Waals surface area contributed by atoms with E-state index in [9.17, 15) is 9.59 Å². The van der Waals surface area contributed by atoms with E-state index >= 15 is 0 Å². The lowest BCUT2D eigenvalue weighted by Crippen LogP contribution is -2.42. The fourth-order valence-corrected chi connectivity index (χ4v) is 1.48. The first-order valence-corrected chi connectivity index (χ1v) is 5.53. The Morgan fingerprint density at radius 3 is 2.40 bits per heavy atom. The molecule has 0 saturated heterocycles. The first-order chi connectivity index (χ1) is 7.00. The average molecular weight is 213 g/mol. The van der Waals surface area contributed by atoms with Crippen LogP contribution in [0.25, 0.3) is 0 Å². The van der Waals surface area contributed by atoms with E-state index in [2.05, 4.69) is 5.32 Å². The van der Waals surface area contributed by atoms with Gasteiger partial charge in [0, 0.05) is 6.42 Å². The van der Waals surface area contributed by atoms with Gasteiger partial charge in [0.15, 0.2) is 0 Å². The molecule has 1 rings (SSSR count). The number of carboxylic acids is 1. The maximum Gasteiger partial charge on any atom is 0.326 e. The Hall–Kier alpha value is -1.06. The van der Waals surface area contributed by atoms with Gasteiger partial charge in [-0.25, -0.2) is 4.79 Å². The third-order valence-corrected chi connectivity index (χ3v) is 2.62. The highest BCUT2D eigenvalue weighted by Crippen LogP contribution is 2.32. The van der Waals surface area contributed by atoms with Gasteiger partial charge in [0.1, 0.15) is 6.04 Å². The number of amides is 1. The summed E-state index contributed by atoms with van der Waals surface area (Å²) < 4.78 is 0. The van der Waals surface area contributed by atoms with E-state index in [0.29, 0.717) is 12.3 Å². The topological polar surface area (TPSA) is 66.4 Å². The normalized spacial score (nSPS) is 17.5. The van der Waals surface area contributed by atoms with Crippen LogP contribution in [-0.4, -0.2) is 23.0 Å². The highest BCUT2D eigenvalue weighted by molar-refractivity contribution is 5.83. The van der Waals surface area contributed by atoms with E-state index < -0.39 is 12.0 Å². The number of aliphatic carboxylic acids is 1. The number of hydrogen-bond acceptors (Lipinski definition) is 2. The summed E-state index contributed by atoms with van der Waals surface area (Å²) in [5.41, 5.74) is 0. The summed E-state index contributed by atoms with van der Waals surface area (Å²) in [5, 5.41) is 11.5. The second kappa shape index (κ2) is 5.14. The molecule has 4 nitrogen and oxygen atoms in total. The summed E-state index contributed by atoms with van der Waals surface area (Å²) >= 11 is 0. The van der Waals surface area contributed by atoms with Gasteiger partial charge in [0.25, 0.3) is 0 Å². The fraction of sp³-hybridized carbons (Fsp3) is 0.818. The van der Waals surface area contributed by atoms with Crippen molar-refractivity contribution in [2.75, 3.05) is 0 Å². The molecule has 0 aromatic carbocycles. The van der Waals surface area contributed by atoms with Crippen LogP contribution in [0.3, 0.4) is 0 Å². The van der Waals surface area contributed by atoms with Crippen molar-refractivity contribution in [1.29, 1.82) is 0 Å². The van der Waals surface area contributed by atoms with Crippen molar-refractivity contribution in [2.45, 2.75) is 45.6 Å². The summed E-state index contributed by atoms with van der Waals surface area (Å²) in [6, 6.07) is -0.662. The van der Waals surface area contributed by atoms with Crippen LogP contribution < -0.4 is 5.32 Å². The van der Waals surface area contributed by atoms with Crippen molar-refractivity contribution in [2.24, 2.45) is 11.8 Å². The number of nitrogens with one attached hydrogen (secondary N) is 1. The van der Waals surface area contributed by atoms with Gasteiger partial charge in [-0.1, -0.05) is 13.8 Å². The largest absolute Gasteiger partial charge is 0.480 e. The number of hydrogen-bond donors (Lipinski definition) is 2. The maximum absolute atomic E-state index is 11.4. The second-order valence-electron chi connectivity index (χ2n) is 4.65. The molecule has 4 heteroatoms. The van der Waals surface area contributed by atoms with Crippen LogP contribution >= 0.6 is 0 Å². The van der Waals surface area contributed by atoms with Gasteiger partial charge < -0.3 is 10.4 Å². The molecular formula is C11H19NO3. The average Bonchev–Trinajstić information content (AvgIpc) is 2.93. The summed E-state index contributed by atoms with van der Waals surface area (Å²) in [7, 11) is 0. The lowest BCUT2D eigenvalue weighted by molar-refractivity contribution is -0.142. The second-order valence-corrected chi connectivity index (χ2v) is 4.65. The number of carboxylic acid groups (broad SMARTS) is 1. The van der Waals surface area contributed by atoms with Crippen molar-refractivity contribution < 1.29 is 14.7 Å². The zero-order chi connectivity index (χ0) is 11.4.